The fourth-order valence-corrected chi connectivity index (χ4v) is 2.60. The van der Waals surface area contributed by atoms with Crippen molar-refractivity contribution in [1.82, 2.24) is 4.72 Å². The minimum absolute atomic E-state index is 0.0313. The van der Waals surface area contributed by atoms with E-state index in [2.05, 4.69) is 4.72 Å². The third kappa shape index (κ3) is 3.52. The number of nitrogen functional groups attached to an aromatic ring is 1. The van der Waals surface area contributed by atoms with E-state index in [1.54, 1.807) is 30.3 Å². The lowest BCUT2D eigenvalue weighted by Crippen LogP contribution is -2.19. The third-order valence-electron chi connectivity index (χ3n) is 2.86. The van der Waals surface area contributed by atoms with E-state index in [0.29, 0.717) is 11.4 Å². The zero-order chi connectivity index (χ0) is 15.5. The normalized spacial score (nSPS) is 11.3. The molecule has 0 radical (unpaired) electrons. The van der Waals surface area contributed by atoms with Crippen LogP contribution in [0.25, 0.3) is 0 Å². The van der Waals surface area contributed by atoms with Crippen LogP contribution in [-0.2, 0) is 16.6 Å². The van der Waals surface area contributed by atoms with E-state index < -0.39 is 10.0 Å². The van der Waals surface area contributed by atoms with E-state index in [4.69, 9.17) is 15.6 Å². The maximum absolute atomic E-state index is 12.0. The number of hydrogen-bond acceptors (Lipinski definition) is 5. The van der Waals surface area contributed by atoms with Crippen LogP contribution >= 0.6 is 0 Å². The molecule has 0 fully saturated rings. The van der Waals surface area contributed by atoms with Crippen molar-refractivity contribution in [2.45, 2.75) is 11.5 Å². The highest BCUT2D eigenvalue weighted by Crippen LogP contribution is 2.30. The van der Waals surface area contributed by atoms with E-state index in [1.807, 2.05) is 0 Å². The van der Waals surface area contributed by atoms with Crippen molar-refractivity contribution in [3.63, 3.8) is 0 Å². The van der Waals surface area contributed by atoms with Crippen molar-refractivity contribution < 1.29 is 18.3 Å². The summed E-state index contributed by atoms with van der Waals surface area (Å²) in [6.07, 6.45) is 0. The molecule has 0 amide bonds. The topological polar surface area (TPSA) is 102 Å². The molecule has 2 aromatic carbocycles. The van der Waals surface area contributed by atoms with Gasteiger partial charge in [-0.3, -0.25) is 0 Å². The second-order valence-electron chi connectivity index (χ2n) is 4.32. The number of sulfonamides is 1. The Hall–Kier alpha value is -2.09. The zero-order valence-corrected chi connectivity index (χ0v) is 12.2. The van der Waals surface area contributed by atoms with Crippen molar-refractivity contribution >= 4 is 15.7 Å². The molecule has 0 aliphatic heterocycles. The monoisotopic (exact) mass is 308 g/mol. The van der Waals surface area contributed by atoms with Gasteiger partial charge in [-0.15, -0.1) is 0 Å². The lowest BCUT2D eigenvalue weighted by Gasteiger charge is -2.12. The number of ether oxygens (including phenoxy) is 1. The summed E-state index contributed by atoms with van der Waals surface area (Å²) in [4.78, 5) is -0.0313. The first-order chi connectivity index (χ1) is 9.96. The molecule has 0 aliphatic carbocycles. The summed E-state index contributed by atoms with van der Waals surface area (Å²) in [6, 6.07) is 11.1. The van der Waals surface area contributed by atoms with Gasteiger partial charge in [-0.25, -0.2) is 13.1 Å². The van der Waals surface area contributed by atoms with Crippen molar-refractivity contribution in [3.8, 4) is 11.5 Å². The molecular formula is C14H16N2O4S. The zero-order valence-electron chi connectivity index (χ0n) is 11.4. The second kappa shape index (κ2) is 6.13. The molecule has 0 aliphatic rings. The first-order valence-corrected chi connectivity index (χ1v) is 7.65. The third-order valence-corrected chi connectivity index (χ3v) is 4.30. The maximum atomic E-state index is 12.0. The summed E-state index contributed by atoms with van der Waals surface area (Å²) >= 11 is 0. The highest BCUT2D eigenvalue weighted by Gasteiger charge is 2.18. The van der Waals surface area contributed by atoms with Crippen LogP contribution in [0.4, 0.5) is 5.69 Å². The van der Waals surface area contributed by atoms with Gasteiger partial charge in [-0.1, -0.05) is 12.1 Å². The lowest BCUT2D eigenvalue weighted by molar-refractivity contribution is 0.281. The summed E-state index contributed by atoms with van der Waals surface area (Å²) < 4.78 is 31.8. The molecule has 112 valence electrons. The van der Waals surface area contributed by atoms with Crippen LogP contribution in [-0.4, -0.2) is 20.6 Å². The Morgan fingerprint density at radius 1 is 1.19 bits per heavy atom. The molecule has 2 rings (SSSR count). The highest BCUT2D eigenvalue weighted by molar-refractivity contribution is 7.89. The molecule has 6 nitrogen and oxygen atoms in total. The molecule has 21 heavy (non-hydrogen) atoms. The Morgan fingerprint density at radius 3 is 2.43 bits per heavy atom. The Balaban J connectivity index is 2.39. The van der Waals surface area contributed by atoms with Gasteiger partial charge >= 0.3 is 0 Å². The Kier molecular flexibility index (Phi) is 4.46. The Morgan fingerprint density at radius 2 is 1.86 bits per heavy atom. The van der Waals surface area contributed by atoms with Crippen LogP contribution in [0.3, 0.4) is 0 Å². The SMILES string of the molecule is CNS(=O)(=O)c1cc(N)ccc1Oc1ccc(CO)cc1. The predicted octanol–water partition coefficient (Wildman–Crippen LogP) is 1.46. The van der Waals surface area contributed by atoms with Crippen molar-refractivity contribution in [2.24, 2.45) is 0 Å². The number of anilines is 1. The van der Waals surface area contributed by atoms with Crippen molar-refractivity contribution in [3.05, 3.63) is 48.0 Å². The largest absolute Gasteiger partial charge is 0.456 e. The van der Waals surface area contributed by atoms with Gasteiger partial charge in [-0.05, 0) is 42.9 Å². The summed E-state index contributed by atoms with van der Waals surface area (Å²) in [5.74, 6) is 0.639. The van der Waals surface area contributed by atoms with Gasteiger partial charge in [-0.2, -0.15) is 0 Å². The second-order valence-corrected chi connectivity index (χ2v) is 6.17. The summed E-state index contributed by atoms with van der Waals surface area (Å²) in [5.41, 5.74) is 6.70. The number of benzene rings is 2. The molecule has 0 heterocycles. The van der Waals surface area contributed by atoms with Crippen molar-refractivity contribution in [2.75, 3.05) is 12.8 Å². The van der Waals surface area contributed by atoms with Crippen LogP contribution in [0.2, 0.25) is 0 Å². The fraction of sp³-hybridized carbons (Fsp3) is 0.143. The van der Waals surface area contributed by atoms with E-state index in [-0.39, 0.29) is 17.3 Å². The van der Waals surface area contributed by atoms with Gasteiger partial charge in [0.1, 0.15) is 16.4 Å². The first kappa shape index (κ1) is 15.3. The van der Waals surface area contributed by atoms with Gasteiger partial charge in [0.25, 0.3) is 0 Å². The maximum Gasteiger partial charge on any atom is 0.244 e. The van der Waals surface area contributed by atoms with Crippen LogP contribution in [0.15, 0.2) is 47.4 Å². The standard InChI is InChI=1S/C14H16N2O4S/c1-16-21(18,19)14-8-11(15)4-7-13(14)20-12-5-2-10(9-17)3-6-12/h2-8,16-17H,9,15H2,1H3. The van der Waals surface area contributed by atoms with Gasteiger partial charge in [0.2, 0.25) is 10.0 Å². The number of aliphatic hydroxyl groups is 1. The van der Waals surface area contributed by atoms with Gasteiger partial charge in [0, 0.05) is 5.69 Å². The minimum atomic E-state index is -3.68. The fourth-order valence-electron chi connectivity index (χ4n) is 1.72. The number of rotatable bonds is 5. The predicted molar refractivity (Wildman–Crippen MR) is 79.5 cm³/mol. The molecule has 0 saturated carbocycles. The van der Waals surface area contributed by atoms with E-state index >= 15 is 0 Å². The van der Waals surface area contributed by atoms with Gasteiger partial charge in [0.15, 0.2) is 0 Å². The molecule has 0 spiro atoms. The number of aliphatic hydroxyl groups excluding tert-OH is 1. The van der Waals surface area contributed by atoms with Crippen LogP contribution in [0.1, 0.15) is 5.56 Å². The van der Waals surface area contributed by atoms with E-state index in [0.717, 1.165) is 5.56 Å². The molecule has 7 heteroatoms. The molecular weight excluding hydrogens is 292 g/mol. The molecule has 0 bridgehead atoms. The van der Waals surface area contributed by atoms with Gasteiger partial charge < -0.3 is 15.6 Å². The number of nitrogens with one attached hydrogen (secondary N) is 1. The van der Waals surface area contributed by atoms with E-state index in [1.165, 1.54) is 19.2 Å². The molecule has 4 N–H and O–H groups in total. The van der Waals surface area contributed by atoms with E-state index in [9.17, 15) is 8.42 Å². The average molecular weight is 308 g/mol. The van der Waals surface area contributed by atoms with Crippen LogP contribution < -0.4 is 15.2 Å². The molecule has 0 aromatic heterocycles. The summed E-state index contributed by atoms with van der Waals surface area (Å²) in [6.45, 7) is -0.0679. The Bertz CT molecular complexity index is 727. The Labute approximate surface area is 123 Å². The smallest absolute Gasteiger partial charge is 0.244 e. The molecule has 0 unspecified atom stereocenters. The lowest BCUT2D eigenvalue weighted by atomic mass is 10.2. The van der Waals surface area contributed by atoms with Crippen LogP contribution in [0.5, 0.6) is 11.5 Å². The molecule has 0 saturated heterocycles. The summed E-state index contributed by atoms with van der Waals surface area (Å²) in [5, 5.41) is 8.99. The minimum Gasteiger partial charge on any atom is -0.456 e. The van der Waals surface area contributed by atoms with Gasteiger partial charge in [0.05, 0.1) is 6.61 Å². The molecule has 2 aromatic rings. The quantitative estimate of drug-likeness (QED) is 0.726. The summed E-state index contributed by atoms with van der Waals surface area (Å²) in [7, 11) is -2.36. The molecule has 0 atom stereocenters. The number of hydrogen-bond donors (Lipinski definition) is 3. The highest BCUT2D eigenvalue weighted by atomic mass is 32.2. The van der Waals surface area contributed by atoms with Crippen LogP contribution in [0, 0.1) is 0 Å². The number of nitrogens with two attached hydrogens (primary N) is 1. The average Bonchev–Trinajstić information content (AvgIpc) is 2.49. The first-order valence-electron chi connectivity index (χ1n) is 6.17. The van der Waals surface area contributed by atoms with Crippen molar-refractivity contribution in [1.29, 1.82) is 0 Å².